The molecule has 0 spiro atoms. The van der Waals surface area contributed by atoms with Crippen molar-refractivity contribution in [1.82, 2.24) is 15.0 Å². The van der Waals surface area contributed by atoms with E-state index in [2.05, 4.69) is 17.1 Å². The topological polar surface area (TPSA) is 38.7 Å². The molecule has 1 aromatic heterocycles. The van der Waals surface area contributed by atoms with E-state index in [9.17, 15) is 8.78 Å². The third-order valence-electron chi connectivity index (χ3n) is 6.31. The summed E-state index contributed by atoms with van der Waals surface area (Å²) in [4.78, 5) is 14.1. The number of rotatable bonds is 5. The van der Waals surface area contributed by atoms with Gasteiger partial charge in [-0.1, -0.05) is 91.0 Å². The van der Waals surface area contributed by atoms with E-state index in [0.717, 1.165) is 33.4 Å². The van der Waals surface area contributed by atoms with Gasteiger partial charge < -0.3 is 0 Å². The van der Waals surface area contributed by atoms with E-state index in [0.29, 0.717) is 23.0 Å². The Morgan fingerprint density at radius 1 is 0.289 bits per heavy atom. The Bertz CT molecular complexity index is 1680. The fourth-order valence-corrected chi connectivity index (χ4v) is 4.26. The van der Waals surface area contributed by atoms with Gasteiger partial charge in [0.05, 0.1) is 0 Å². The molecule has 1 heterocycles. The Labute approximate surface area is 219 Å². The van der Waals surface area contributed by atoms with Gasteiger partial charge in [0.15, 0.2) is 17.5 Å². The van der Waals surface area contributed by atoms with Crippen LogP contribution in [-0.2, 0) is 0 Å². The highest BCUT2D eigenvalue weighted by molar-refractivity contribution is 5.73. The highest BCUT2D eigenvalue weighted by Crippen LogP contribution is 2.29. The number of aromatic nitrogens is 3. The molecule has 0 fully saturated rings. The molecular weight excluding hydrogens is 476 g/mol. The van der Waals surface area contributed by atoms with E-state index >= 15 is 0 Å². The zero-order valence-corrected chi connectivity index (χ0v) is 20.2. The van der Waals surface area contributed by atoms with Crippen molar-refractivity contribution in [1.29, 1.82) is 0 Å². The van der Waals surface area contributed by atoms with Crippen molar-refractivity contribution in [3.05, 3.63) is 139 Å². The maximum absolute atomic E-state index is 13.5. The average Bonchev–Trinajstić information content (AvgIpc) is 2.98. The average molecular weight is 498 g/mol. The van der Waals surface area contributed by atoms with Crippen LogP contribution in [0.2, 0.25) is 0 Å². The summed E-state index contributed by atoms with van der Waals surface area (Å²) in [5.41, 5.74) is 6.54. The molecule has 0 unspecified atom stereocenters. The Kier molecular flexibility index (Phi) is 6.24. The van der Waals surface area contributed by atoms with Crippen LogP contribution in [-0.4, -0.2) is 15.0 Å². The summed E-state index contributed by atoms with van der Waals surface area (Å²) in [6.45, 7) is 0. The summed E-state index contributed by atoms with van der Waals surface area (Å²) >= 11 is 0. The molecule has 0 aliphatic heterocycles. The quantitative estimate of drug-likeness (QED) is 0.240. The molecule has 0 saturated carbocycles. The lowest BCUT2D eigenvalue weighted by molar-refractivity contribution is 0.627. The number of hydrogen-bond donors (Lipinski definition) is 0. The van der Waals surface area contributed by atoms with E-state index in [1.54, 1.807) is 24.3 Å². The van der Waals surface area contributed by atoms with Crippen LogP contribution in [0, 0.1) is 11.6 Å². The lowest BCUT2D eigenvalue weighted by Gasteiger charge is -2.09. The van der Waals surface area contributed by atoms with Gasteiger partial charge in [-0.05, 0) is 58.7 Å². The minimum absolute atomic E-state index is 0.246. The van der Waals surface area contributed by atoms with Crippen LogP contribution < -0.4 is 0 Å². The smallest absolute Gasteiger partial charge is 0.164 e. The van der Waals surface area contributed by atoms with Gasteiger partial charge in [0.25, 0.3) is 0 Å². The summed E-state index contributed by atoms with van der Waals surface area (Å²) < 4.78 is 26.8. The second kappa shape index (κ2) is 10.1. The summed E-state index contributed by atoms with van der Waals surface area (Å²) in [5, 5.41) is 0. The molecule has 6 rings (SSSR count). The summed E-state index contributed by atoms with van der Waals surface area (Å²) in [6.07, 6.45) is 0. The van der Waals surface area contributed by atoms with Crippen molar-refractivity contribution in [2.75, 3.05) is 0 Å². The molecule has 38 heavy (non-hydrogen) atoms. The van der Waals surface area contributed by atoms with Crippen molar-refractivity contribution < 1.29 is 8.78 Å². The SMILES string of the molecule is Fc1ccc(-c2ccc(-c3ccc(-c4nc(-c5ccccc5)nc(-c5ccc(F)cc5)n4)cc3)cc2)cc1. The largest absolute Gasteiger partial charge is 0.208 e. The maximum Gasteiger partial charge on any atom is 0.164 e. The highest BCUT2D eigenvalue weighted by Gasteiger charge is 2.12. The van der Waals surface area contributed by atoms with E-state index in [4.69, 9.17) is 9.97 Å². The van der Waals surface area contributed by atoms with Crippen LogP contribution in [0.3, 0.4) is 0 Å². The molecule has 0 atom stereocenters. The first-order valence-corrected chi connectivity index (χ1v) is 12.2. The van der Waals surface area contributed by atoms with Gasteiger partial charge in [0, 0.05) is 16.7 Å². The van der Waals surface area contributed by atoms with Crippen molar-refractivity contribution >= 4 is 0 Å². The first-order chi connectivity index (χ1) is 18.6. The Hall–Kier alpha value is -5.03. The van der Waals surface area contributed by atoms with Crippen molar-refractivity contribution in [2.24, 2.45) is 0 Å². The number of nitrogens with zero attached hydrogens (tertiary/aromatic N) is 3. The lowest BCUT2D eigenvalue weighted by Crippen LogP contribution is -2.00. The highest BCUT2D eigenvalue weighted by atomic mass is 19.1. The van der Waals surface area contributed by atoms with Gasteiger partial charge >= 0.3 is 0 Å². The van der Waals surface area contributed by atoms with Gasteiger partial charge in [-0.25, -0.2) is 23.7 Å². The second-order valence-corrected chi connectivity index (χ2v) is 8.84. The van der Waals surface area contributed by atoms with Gasteiger partial charge in [-0.2, -0.15) is 0 Å². The molecule has 0 N–H and O–H groups in total. The molecule has 0 aliphatic carbocycles. The van der Waals surface area contributed by atoms with E-state index in [1.165, 1.54) is 24.3 Å². The number of halogens is 2. The predicted octanol–water partition coefficient (Wildman–Crippen LogP) is 8.48. The van der Waals surface area contributed by atoms with Crippen LogP contribution in [0.5, 0.6) is 0 Å². The number of benzene rings is 5. The van der Waals surface area contributed by atoms with E-state index < -0.39 is 0 Å². The second-order valence-electron chi connectivity index (χ2n) is 8.84. The molecule has 182 valence electrons. The minimum Gasteiger partial charge on any atom is -0.208 e. The zero-order valence-electron chi connectivity index (χ0n) is 20.2. The molecule has 6 aromatic rings. The Balaban J connectivity index is 1.33. The molecule has 5 aromatic carbocycles. The third-order valence-corrected chi connectivity index (χ3v) is 6.31. The summed E-state index contributed by atoms with van der Waals surface area (Å²) in [7, 11) is 0. The molecule has 3 nitrogen and oxygen atoms in total. The Morgan fingerprint density at radius 3 is 0.921 bits per heavy atom. The summed E-state index contributed by atoms with van der Waals surface area (Å²) in [5.74, 6) is 1.01. The predicted molar refractivity (Wildman–Crippen MR) is 147 cm³/mol. The van der Waals surface area contributed by atoms with Crippen LogP contribution >= 0.6 is 0 Å². The lowest BCUT2D eigenvalue weighted by atomic mass is 9.99. The fraction of sp³-hybridized carbons (Fsp3) is 0. The van der Waals surface area contributed by atoms with Crippen molar-refractivity contribution in [2.45, 2.75) is 0 Å². The third kappa shape index (κ3) is 4.95. The molecule has 0 saturated heterocycles. The Morgan fingerprint density at radius 2 is 0.553 bits per heavy atom. The molecular formula is C33H21F2N3. The van der Waals surface area contributed by atoms with Gasteiger partial charge in [-0.15, -0.1) is 0 Å². The van der Waals surface area contributed by atoms with Crippen LogP contribution in [0.4, 0.5) is 8.78 Å². The van der Waals surface area contributed by atoms with Crippen LogP contribution in [0.25, 0.3) is 56.4 Å². The fourth-order valence-electron chi connectivity index (χ4n) is 4.26. The maximum atomic E-state index is 13.5. The minimum atomic E-state index is -0.312. The van der Waals surface area contributed by atoms with Gasteiger partial charge in [0.1, 0.15) is 11.6 Å². The number of hydrogen-bond acceptors (Lipinski definition) is 3. The first-order valence-electron chi connectivity index (χ1n) is 12.2. The molecule has 5 heteroatoms. The zero-order chi connectivity index (χ0) is 25.9. The standard InChI is InChI=1S/C33H21F2N3/c34-29-18-14-25(15-19-29)23-8-6-22(7-9-23)24-10-12-27(13-11-24)32-36-31(26-4-2-1-3-5-26)37-33(38-32)28-16-20-30(35)21-17-28/h1-21H. The van der Waals surface area contributed by atoms with E-state index in [-0.39, 0.29) is 11.6 Å². The summed E-state index contributed by atoms with van der Waals surface area (Å²) in [6, 6.07) is 38.5. The van der Waals surface area contributed by atoms with Crippen molar-refractivity contribution in [3.63, 3.8) is 0 Å². The van der Waals surface area contributed by atoms with E-state index in [1.807, 2.05) is 66.7 Å². The van der Waals surface area contributed by atoms with Crippen LogP contribution in [0.1, 0.15) is 0 Å². The normalized spacial score (nSPS) is 10.9. The van der Waals surface area contributed by atoms with Gasteiger partial charge in [0.2, 0.25) is 0 Å². The first kappa shape index (κ1) is 23.4. The van der Waals surface area contributed by atoms with Crippen molar-refractivity contribution in [3.8, 4) is 56.4 Å². The monoisotopic (exact) mass is 497 g/mol. The molecule has 0 radical (unpaired) electrons. The van der Waals surface area contributed by atoms with Crippen LogP contribution in [0.15, 0.2) is 127 Å². The molecule has 0 bridgehead atoms. The molecule has 0 amide bonds. The molecule has 0 aliphatic rings. The van der Waals surface area contributed by atoms with Gasteiger partial charge in [-0.3, -0.25) is 0 Å².